The van der Waals surface area contributed by atoms with Crippen molar-refractivity contribution < 1.29 is 28.5 Å². The lowest BCUT2D eigenvalue weighted by Crippen LogP contribution is -2.47. The second kappa shape index (κ2) is 13.2. The minimum Gasteiger partial charge on any atom is -0.459 e. The second-order valence-electron chi connectivity index (χ2n) is 10.5. The molecule has 0 N–H and O–H groups in total. The van der Waals surface area contributed by atoms with Crippen molar-refractivity contribution in [1.82, 2.24) is 0 Å². The molecule has 1 aromatic rings. The summed E-state index contributed by atoms with van der Waals surface area (Å²) in [7, 11) is 3.17. The van der Waals surface area contributed by atoms with Crippen LogP contribution in [0.3, 0.4) is 0 Å². The van der Waals surface area contributed by atoms with Gasteiger partial charge < -0.3 is 18.9 Å². The van der Waals surface area contributed by atoms with Crippen LogP contribution >= 0.6 is 0 Å². The van der Waals surface area contributed by atoms with Gasteiger partial charge in [0.05, 0.1) is 0 Å². The molecule has 0 heterocycles. The van der Waals surface area contributed by atoms with Gasteiger partial charge in [0.15, 0.2) is 11.2 Å². The van der Waals surface area contributed by atoms with E-state index >= 15 is 0 Å². The first-order chi connectivity index (χ1) is 17.0. The first-order valence-corrected chi connectivity index (χ1v) is 12.9. The van der Waals surface area contributed by atoms with Crippen molar-refractivity contribution in [1.29, 1.82) is 0 Å². The van der Waals surface area contributed by atoms with Crippen LogP contribution in [0.5, 0.6) is 0 Å². The lowest BCUT2D eigenvalue weighted by molar-refractivity contribution is -0.185. The first kappa shape index (κ1) is 29.8. The van der Waals surface area contributed by atoms with Crippen molar-refractivity contribution in [3.8, 4) is 0 Å². The topological polar surface area (TPSA) is 71.1 Å². The molecule has 0 amide bonds. The van der Waals surface area contributed by atoms with E-state index in [-0.39, 0.29) is 11.9 Å². The maximum Gasteiger partial charge on any atom is 0.338 e. The molecule has 6 heteroatoms. The van der Waals surface area contributed by atoms with E-state index < -0.39 is 16.8 Å². The van der Waals surface area contributed by atoms with E-state index in [1.165, 1.54) is 11.1 Å². The molecule has 1 aromatic carbocycles. The molecule has 0 saturated heterocycles. The molecule has 2 fully saturated rings. The van der Waals surface area contributed by atoms with Crippen LogP contribution in [0.1, 0.15) is 84.1 Å². The number of esters is 2. The molecular formula is C30H44O6. The predicted octanol–water partition coefficient (Wildman–Crippen LogP) is 6.48. The molecule has 36 heavy (non-hydrogen) atoms. The molecule has 6 nitrogen and oxygen atoms in total. The molecule has 2 aliphatic rings. The van der Waals surface area contributed by atoms with Crippen LogP contribution in [0, 0.1) is 0 Å². The normalized spacial score (nSPS) is 19.0. The highest BCUT2D eigenvalue weighted by Crippen LogP contribution is 2.36. The summed E-state index contributed by atoms with van der Waals surface area (Å²) in [4.78, 5) is 24.5. The van der Waals surface area contributed by atoms with Crippen LogP contribution in [-0.4, -0.2) is 43.0 Å². The van der Waals surface area contributed by atoms with Gasteiger partial charge in [-0.1, -0.05) is 61.6 Å². The van der Waals surface area contributed by atoms with E-state index in [9.17, 15) is 9.59 Å². The number of hydrogen-bond acceptors (Lipinski definition) is 6. The Kier molecular flexibility index (Phi) is 10.9. The third-order valence-electron chi connectivity index (χ3n) is 7.49. The summed E-state index contributed by atoms with van der Waals surface area (Å²) in [6, 6.07) is 9.68. The van der Waals surface area contributed by atoms with Gasteiger partial charge in [-0.2, -0.15) is 0 Å². The largest absolute Gasteiger partial charge is 0.459 e. The standard InChI is InChI=1S/C16H20O3.C14H24O3/c1-13-8-10-16(18-2,11-9-13)15(17)19-12-14-6-4-3-5-7-14;1-6-13(3,4)17-12(15)14(16-5)9-7-11(2)8-10-14/h3-7H,1,8-12H2,2H3;2,6-10H2,1,3-5H3. The van der Waals surface area contributed by atoms with Crippen LogP contribution in [-0.2, 0) is 35.1 Å². The Balaban J connectivity index is 0.000000255. The van der Waals surface area contributed by atoms with Crippen molar-refractivity contribution >= 4 is 11.9 Å². The monoisotopic (exact) mass is 500 g/mol. The first-order valence-electron chi connectivity index (χ1n) is 12.9. The third-order valence-corrected chi connectivity index (χ3v) is 7.49. The van der Waals surface area contributed by atoms with Crippen molar-refractivity contribution in [3.05, 3.63) is 60.2 Å². The number of rotatable bonds is 8. The van der Waals surface area contributed by atoms with Gasteiger partial charge in [-0.05, 0) is 77.2 Å². The van der Waals surface area contributed by atoms with Crippen molar-refractivity contribution in [3.63, 3.8) is 0 Å². The molecule has 0 aromatic heterocycles. The molecule has 0 aliphatic heterocycles. The lowest BCUT2D eigenvalue weighted by Gasteiger charge is -2.37. The van der Waals surface area contributed by atoms with Crippen molar-refractivity contribution in [2.75, 3.05) is 14.2 Å². The Morgan fingerprint density at radius 1 is 0.833 bits per heavy atom. The molecule has 0 bridgehead atoms. The highest BCUT2D eigenvalue weighted by molar-refractivity contribution is 5.80. The minimum absolute atomic E-state index is 0.223. The van der Waals surface area contributed by atoms with Gasteiger partial charge in [-0.15, -0.1) is 0 Å². The van der Waals surface area contributed by atoms with Gasteiger partial charge >= 0.3 is 11.9 Å². The molecule has 0 spiro atoms. The second-order valence-corrected chi connectivity index (χ2v) is 10.5. The van der Waals surface area contributed by atoms with E-state index in [4.69, 9.17) is 18.9 Å². The summed E-state index contributed by atoms with van der Waals surface area (Å²) in [5.74, 6) is -0.481. The number of methoxy groups -OCH3 is 2. The van der Waals surface area contributed by atoms with E-state index in [0.29, 0.717) is 32.3 Å². The van der Waals surface area contributed by atoms with Gasteiger partial charge in [-0.25, -0.2) is 9.59 Å². The number of ether oxygens (including phenoxy) is 4. The fourth-order valence-corrected chi connectivity index (χ4v) is 4.27. The third kappa shape index (κ3) is 8.04. The van der Waals surface area contributed by atoms with Gasteiger partial charge in [0.1, 0.15) is 12.2 Å². The van der Waals surface area contributed by atoms with Crippen LogP contribution in [0.25, 0.3) is 0 Å². The van der Waals surface area contributed by atoms with E-state index in [1.54, 1.807) is 14.2 Å². The van der Waals surface area contributed by atoms with Gasteiger partial charge in [0, 0.05) is 14.2 Å². The Morgan fingerprint density at radius 2 is 1.28 bits per heavy atom. The Labute approximate surface area is 217 Å². The number of allylic oxidation sites excluding steroid dienone is 2. The molecule has 0 atom stereocenters. The van der Waals surface area contributed by atoms with E-state index in [0.717, 1.165) is 37.7 Å². The summed E-state index contributed by atoms with van der Waals surface area (Å²) < 4.78 is 21.9. The average molecular weight is 501 g/mol. The molecule has 2 aliphatic carbocycles. The zero-order chi connectivity index (χ0) is 26.8. The van der Waals surface area contributed by atoms with Crippen LogP contribution in [0.15, 0.2) is 54.6 Å². The highest BCUT2D eigenvalue weighted by Gasteiger charge is 2.44. The van der Waals surface area contributed by atoms with Gasteiger partial charge in [0.2, 0.25) is 0 Å². The van der Waals surface area contributed by atoms with Gasteiger partial charge in [0.25, 0.3) is 0 Å². The predicted molar refractivity (Wildman–Crippen MR) is 141 cm³/mol. The molecule has 3 rings (SSSR count). The number of carbonyl (C=O) groups excluding carboxylic acids is 2. The van der Waals surface area contributed by atoms with Crippen LogP contribution in [0.2, 0.25) is 0 Å². The summed E-state index contributed by atoms with van der Waals surface area (Å²) >= 11 is 0. The average Bonchev–Trinajstić information content (AvgIpc) is 2.89. The summed E-state index contributed by atoms with van der Waals surface area (Å²) in [5.41, 5.74) is 1.41. The zero-order valence-corrected chi connectivity index (χ0v) is 22.8. The molecule has 0 unspecified atom stereocenters. The zero-order valence-electron chi connectivity index (χ0n) is 22.8. The Bertz CT molecular complexity index is 881. The molecule has 200 valence electrons. The van der Waals surface area contributed by atoms with E-state index in [2.05, 4.69) is 13.2 Å². The SMILES string of the molecule is C=C1CCC(OC)(C(=O)OC(C)(C)CC)CC1.C=C1CCC(OC)(C(=O)OCc2ccccc2)CC1. The van der Waals surface area contributed by atoms with Crippen LogP contribution in [0.4, 0.5) is 0 Å². The summed E-state index contributed by atoms with van der Waals surface area (Å²) in [5, 5.41) is 0. The highest BCUT2D eigenvalue weighted by atomic mass is 16.6. The Hall–Kier alpha value is -2.44. The van der Waals surface area contributed by atoms with Crippen molar-refractivity contribution in [2.45, 2.75) is 102 Å². The number of carbonyl (C=O) groups is 2. The molecular weight excluding hydrogens is 456 g/mol. The van der Waals surface area contributed by atoms with E-state index in [1.807, 2.05) is 51.1 Å². The smallest absolute Gasteiger partial charge is 0.338 e. The van der Waals surface area contributed by atoms with Crippen LogP contribution < -0.4 is 0 Å². The quantitative estimate of drug-likeness (QED) is 0.301. The lowest BCUT2D eigenvalue weighted by atomic mass is 9.82. The number of hydrogen-bond donors (Lipinski definition) is 0. The van der Waals surface area contributed by atoms with Gasteiger partial charge in [-0.3, -0.25) is 0 Å². The fourth-order valence-electron chi connectivity index (χ4n) is 4.27. The summed E-state index contributed by atoms with van der Waals surface area (Å²) in [6.45, 7) is 14.1. The number of benzene rings is 1. The van der Waals surface area contributed by atoms with Crippen molar-refractivity contribution in [2.24, 2.45) is 0 Å². The maximum atomic E-state index is 12.3. The fraction of sp³-hybridized carbons (Fsp3) is 0.600. The summed E-state index contributed by atoms with van der Waals surface area (Å²) in [6.07, 6.45) is 6.83. The maximum absolute atomic E-state index is 12.3. The Morgan fingerprint density at radius 3 is 1.69 bits per heavy atom. The minimum atomic E-state index is -0.782. The molecule has 2 saturated carbocycles. The molecule has 0 radical (unpaired) electrons.